The Hall–Kier alpha value is -2.99. The van der Waals surface area contributed by atoms with E-state index in [1.807, 2.05) is 16.8 Å². The SMILES string of the molecule is c1cc(-c2n[nH]c3ccc(-n4ccc(C5CCCNC5)n4)cc23)ccn1. The number of hydrogen-bond acceptors (Lipinski definition) is 4. The minimum atomic E-state index is 0.509. The highest BCUT2D eigenvalue weighted by atomic mass is 15.3. The first-order chi connectivity index (χ1) is 12.9. The third-order valence-corrected chi connectivity index (χ3v) is 5.09. The van der Waals surface area contributed by atoms with Crippen molar-refractivity contribution in [1.82, 2.24) is 30.3 Å². The number of aromatic nitrogens is 5. The minimum Gasteiger partial charge on any atom is -0.316 e. The number of benzene rings is 1. The molecule has 1 atom stereocenters. The molecule has 5 rings (SSSR count). The van der Waals surface area contributed by atoms with Gasteiger partial charge in [0.15, 0.2) is 0 Å². The number of hydrogen-bond donors (Lipinski definition) is 2. The van der Waals surface area contributed by atoms with Gasteiger partial charge in [-0.25, -0.2) is 4.68 Å². The van der Waals surface area contributed by atoms with Gasteiger partial charge in [0.05, 0.1) is 16.9 Å². The number of nitrogens with zero attached hydrogens (tertiary/aromatic N) is 4. The fourth-order valence-electron chi connectivity index (χ4n) is 3.68. The van der Waals surface area contributed by atoms with Crippen LogP contribution in [0.15, 0.2) is 55.0 Å². The lowest BCUT2D eigenvalue weighted by Gasteiger charge is -2.20. The fourth-order valence-corrected chi connectivity index (χ4v) is 3.68. The van der Waals surface area contributed by atoms with Gasteiger partial charge in [0.25, 0.3) is 0 Å². The molecule has 0 radical (unpaired) electrons. The average molecular weight is 344 g/mol. The van der Waals surface area contributed by atoms with Crippen LogP contribution in [-0.2, 0) is 0 Å². The number of nitrogens with one attached hydrogen (secondary N) is 2. The van der Waals surface area contributed by atoms with Crippen molar-refractivity contribution in [2.24, 2.45) is 0 Å². The van der Waals surface area contributed by atoms with Crippen LogP contribution in [0.5, 0.6) is 0 Å². The molecule has 3 aromatic heterocycles. The summed E-state index contributed by atoms with van der Waals surface area (Å²) in [5.41, 5.74) is 5.22. The summed E-state index contributed by atoms with van der Waals surface area (Å²) in [5, 5.41) is 17.0. The number of aromatic amines is 1. The van der Waals surface area contributed by atoms with Gasteiger partial charge in [-0.15, -0.1) is 0 Å². The predicted octanol–water partition coefficient (Wildman–Crippen LogP) is 3.28. The van der Waals surface area contributed by atoms with Gasteiger partial charge >= 0.3 is 0 Å². The van der Waals surface area contributed by atoms with Gasteiger partial charge in [-0.3, -0.25) is 10.1 Å². The highest BCUT2D eigenvalue weighted by molar-refractivity contribution is 5.94. The Kier molecular flexibility index (Phi) is 3.75. The molecule has 6 heteroatoms. The van der Waals surface area contributed by atoms with Crippen molar-refractivity contribution in [2.75, 3.05) is 13.1 Å². The zero-order valence-electron chi connectivity index (χ0n) is 14.4. The van der Waals surface area contributed by atoms with Crippen LogP contribution in [0.4, 0.5) is 0 Å². The summed E-state index contributed by atoms with van der Waals surface area (Å²) < 4.78 is 1.96. The Morgan fingerprint density at radius 3 is 2.85 bits per heavy atom. The molecule has 1 fully saturated rings. The molecule has 0 saturated carbocycles. The van der Waals surface area contributed by atoms with Gasteiger partial charge < -0.3 is 5.32 Å². The number of H-pyrrole nitrogens is 1. The molecule has 6 nitrogen and oxygen atoms in total. The minimum absolute atomic E-state index is 0.509. The maximum atomic E-state index is 4.83. The van der Waals surface area contributed by atoms with Crippen LogP contribution in [0.2, 0.25) is 0 Å². The highest BCUT2D eigenvalue weighted by Gasteiger charge is 2.18. The quantitative estimate of drug-likeness (QED) is 0.598. The fraction of sp³-hybridized carbons (Fsp3) is 0.250. The second kappa shape index (κ2) is 6.38. The zero-order chi connectivity index (χ0) is 17.3. The van der Waals surface area contributed by atoms with Gasteiger partial charge in [-0.1, -0.05) is 0 Å². The van der Waals surface area contributed by atoms with E-state index in [1.165, 1.54) is 18.5 Å². The van der Waals surface area contributed by atoms with Crippen LogP contribution in [0.3, 0.4) is 0 Å². The average Bonchev–Trinajstić information content (AvgIpc) is 3.36. The molecule has 1 unspecified atom stereocenters. The molecule has 0 amide bonds. The number of fused-ring (bicyclic) bond motifs is 1. The van der Waals surface area contributed by atoms with Crippen molar-refractivity contribution >= 4 is 10.9 Å². The van der Waals surface area contributed by atoms with Crippen molar-refractivity contribution in [2.45, 2.75) is 18.8 Å². The Balaban J connectivity index is 1.53. The van der Waals surface area contributed by atoms with Crippen molar-refractivity contribution in [1.29, 1.82) is 0 Å². The second-order valence-electron chi connectivity index (χ2n) is 6.77. The maximum Gasteiger partial charge on any atom is 0.100 e. The third-order valence-electron chi connectivity index (χ3n) is 5.09. The molecule has 1 aromatic carbocycles. The van der Waals surface area contributed by atoms with Crippen molar-refractivity contribution in [3.8, 4) is 16.9 Å². The molecular weight excluding hydrogens is 324 g/mol. The molecule has 1 aliphatic heterocycles. The molecule has 4 aromatic rings. The third kappa shape index (κ3) is 2.68. The Labute approximate surface area is 151 Å². The van der Waals surface area contributed by atoms with E-state index in [4.69, 9.17) is 5.10 Å². The summed E-state index contributed by atoms with van der Waals surface area (Å²) >= 11 is 0. The van der Waals surface area contributed by atoms with E-state index in [1.54, 1.807) is 12.4 Å². The van der Waals surface area contributed by atoms with Gasteiger partial charge in [-0.05, 0) is 55.8 Å². The lowest BCUT2D eigenvalue weighted by atomic mass is 9.97. The van der Waals surface area contributed by atoms with Crippen LogP contribution >= 0.6 is 0 Å². The lowest BCUT2D eigenvalue weighted by molar-refractivity contribution is 0.453. The van der Waals surface area contributed by atoms with Gasteiger partial charge in [0.1, 0.15) is 5.69 Å². The second-order valence-corrected chi connectivity index (χ2v) is 6.77. The van der Waals surface area contributed by atoms with E-state index >= 15 is 0 Å². The molecule has 0 aliphatic carbocycles. The van der Waals surface area contributed by atoms with E-state index in [-0.39, 0.29) is 0 Å². The smallest absolute Gasteiger partial charge is 0.100 e. The van der Waals surface area contributed by atoms with Gasteiger partial charge in [-0.2, -0.15) is 10.2 Å². The molecule has 0 bridgehead atoms. The molecule has 4 heterocycles. The van der Waals surface area contributed by atoms with Crippen LogP contribution in [0.25, 0.3) is 27.8 Å². The lowest BCUT2D eigenvalue weighted by Crippen LogP contribution is -2.28. The summed E-state index contributed by atoms with van der Waals surface area (Å²) in [5.74, 6) is 0.509. The Morgan fingerprint density at radius 2 is 2.00 bits per heavy atom. The monoisotopic (exact) mass is 344 g/mol. The maximum absolute atomic E-state index is 4.83. The zero-order valence-corrected chi connectivity index (χ0v) is 14.4. The standard InChI is InChI=1S/C20H20N6/c1-2-15(13-22-8-1)18-7-11-26(25-18)16-3-4-19-17(12-16)20(24-23-19)14-5-9-21-10-6-14/h3-7,9-12,15,22H,1-2,8,13H2,(H,23,24). The molecule has 1 aliphatic rings. The van der Waals surface area contributed by atoms with Crippen molar-refractivity contribution in [3.63, 3.8) is 0 Å². The summed E-state index contributed by atoms with van der Waals surface area (Å²) in [4.78, 5) is 4.09. The van der Waals surface area contributed by atoms with Crippen molar-refractivity contribution in [3.05, 3.63) is 60.7 Å². The van der Waals surface area contributed by atoms with Crippen LogP contribution < -0.4 is 5.32 Å². The topological polar surface area (TPSA) is 71.4 Å². The molecule has 26 heavy (non-hydrogen) atoms. The predicted molar refractivity (Wildman–Crippen MR) is 101 cm³/mol. The van der Waals surface area contributed by atoms with Crippen LogP contribution in [0.1, 0.15) is 24.5 Å². The Bertz CT molecular complexity index is 1030. The summed E-state index contributed by atoms with van der Waals surface area (Å²) in [6.45, 7) is 2.14. The first-order valence-electron chi connectivity index (χ1n) is 9.04. The van der Waals surface area contributed by atoms with Crippen LogP contribution in [0, 0.1) is 0 Å². The largest absolute Gasteiger partial charge is 0.316 e. The van der Waals surface area contributed by atoms with Gasteiger partial charge in [0, 0.05) is 42.0 Å². The molecule has 130 valence electrons. The van der Waals surface area contributed by atoms with Crippen LogP contribution in [-0.4, -0.2) is 38.1 Å². The summed E-state index contributed by atoms with van der Waals surface area (Å²) in [6, 6.07) is 12.4. The number of rotatable bonds is 3. The number of piperidine rings is 1. The normalized spacial score (nSPS) is 17.6. The highest BCUT2D eigenvalue weighted by Crippen LogP contribution is 2.28. The summed E-state index contributed by atoms with van der Waals surface area (Å²) in [6.07, 6.45) is 8.05. The van der Waals surface area contributed by atoms with Crippen molar-refractivity contribution < 1.29 is 0 Å². The first-order valence-corrected chi connectivity index (χ1v) is 9.04. The Morgan fingerprint density at radius 1 is 1.08 bits per heavy atom. The van der Waals surface area contributed by atoms with E-state index in [0.29, 0.717) is 5.92 Å². The molecule has 2 N–H and O–H groups in total. The molecule has 0 spiro atoms. The van der Waals surface area contributed by atoms with E-state index in [2.05, 4.69) is 51.0 Å². The van der Waals surface area contributed by atoms with Gasteiger partial charge in [0.2, 0.25) is 0 Å². The molecule has 1 saturated heterocycles. The number of pyridine rings is 1. The first kappa shape index (κ1) is 15.3. The van der Waals surface area contributed by atoms with E-state index in [0.717, 1.165) is 40.9 Å². The van der Waals surface area contributed by atoms with E-state index in [9.17, 15) is 0 Å². The molecular formula is C20H20N6. The van der Waals surface area contributed by atoms with E-state index < -0.39 is 0 Å². The summed E-state index contributed by atoms with van der Waals surface area (Å²) in [7, 11) is 0.